The molecule has 0 bridgehead atoms. The number of rotatable bonds is 8. The first-order chi connectivity index (χ1) is 16.3. The van der Waals surface area contributed by atoms with Crippen LogP contribution in [0, 0.1) is 13.8 Å². The molecule has 34 heavy (non-hydrogen) atoms. The number of nitrogens with two attached hydrogens (primary N) is 1. The number of aryl methyl sites for hydroxylation is 2. The summed E-state index contributed by atoms with van der Waals surface area (Å²) in [4.78, 5) is 45.0. The van der Waals surface area contributed by atoms with E-state index in [0.717, 1.165) is 32.6 Å². The van der Waals surface area contributed by atoms with E-state index in [0.29, 0.717) is 20.4 Å². The Morgan fingerprint density at radius 3 is 2.65 bits per heavy atom. The Morgan fingerprint density at radius 2 is 1.97 bits per heavy atom. The number of carbonyl (C=O) groups is 2. The van der Waals surface area contributed by atoms with Crippen LogP contribution in [0.5, 0.6) is 0 Å². The van der Waals surface area contributed by atoms with Crippen molar-refractivity contribution in [2.75, 3.05) is 11.1 Å². The average molecular weight is 511 g/mol. The number of hydrogen-bond acceptors (Lipinski definition) is 7. The third kappa shape index (κ3) is 4.70. The number of amides is 2. The van der Waals surface area contributed by atoms with Crippen molar-refractivity contribution < 1.29 is 9.59 Å². The highest BCUT2D eigenvalue weighted by atomic mass is 32.2. The zero-order chi connectivity index (χ0) is 24.4. The van der Waals surface area contributed by atoms with E-state index in [-0.39, 0.29) is 29.3 Å². The Labute approximate surface area is 208 Å². The van der Waals surface area contributed by atoms with Gasteiger partial charge in [-0.25, -0.2) is 4.98 Å². The number of hydrogen-bond donors (Lipinski definition) is 2. The maximum Gasteiger partial charge on any atom is 0.263 e. The molecule has 4 aromatic rings. The second kappa shape index (κ2) is 9.96. The van der Waals surface area contributed by atoms with E-state index in [4.69, 9.17) is 5.73 Å². The Balaban J connectivity index is 1.57. The van der Waals surface area contributed by atoms with Crippen LogP contribution in [-0.2, 0) is 11.3 Å². The number of nitrogens with one attached hydrogen (secondary N) is 1. The molecule has 174 valence electrons. The summed E-state index contributed by atoms with van der Waals surface area (Å²) in [6.07, 6.45) is 1.63. The van der Waals surface area contributed by atoms with Gasteiger partial charge < -0.3 is 11.1 Å². The highest BCUT2D eigenvalue weighted by Crippen LogP contribution is 2.35. The number of carbonyl (C=O) groups excluding carboxylic acids is 2. The Bertz CT molecular complexity index is 1470. The average Bonchev–Trinajstić information content (AvgIpc) is 3.36. The highest BCUT2D eigenvalue weighted by Gasteiger charge is 2.19. The molecule has 0 atom stereocenters. The van der Waals surface area contributed by atoms with Crippen molar-refractivity contribution >= 4 is 61.5 Å². The lowest BCUT2D eigenvalue weighted by molar-refractivity contribution is -0.113. The molecule has 0 aliphatic rings. The van der Waals surface area contributed by atoms with Gasteiger partial charge in [-0.15, -0.1) is 29.3 Å². The molecule has 3 heterocycles. The summed E-state index contributed by atoms with van der Waals surface area (Å²) in [6.45, 7) is 7.90. The van der Waals surface area contributed by atoms with E-state index in [2.05, 4.69) is 16.9 Å². The molecule has 3 N–H and O–H groups in total. The number of anilines is 1. The van der Waals surface area contributed by atoms with E-state index < -0.39 is 5.91 Å². The summed E-state index contributed by atoms with van der Waals surface area (Å²) in [5.41, 5.74) is 7.51. The third-order valence-electron chi connectivity index (χ3n) is 5.21. The quantitative estimate of drug-likeness (QED) is 0.201. The van der Waals surface area contributed by atoms with Gasteiger partial charge in [0.1, 0.15) is 9.83 Å². The van der Waals surface area contributed by atoms with Crippen LogP contribution in [0.2, 0.25) is 0 Å². The molecule has 2 amide bonds. The zero-order valence-corrected chi connectivity index (χ0v) is 21.0. The van der Waals surface area contributed by atoms with Gasteiger partial charge in [-0.3, -0.25) is 19.0 Å². The molecule has 0 saturated carbocycles. The first-order valence-electron chi connectivity index (χ1n) is 10.3. The number of aromatic nitrogens is 2. The molecule has 3 aromatic heterocycles. The lowest BCUT2D eigenvalue weighted by Gasteiger charge is -2.10. The molecule has 4 rings (SSSR count). The normalized spacial score (nSPS) is 11.0. The lowest BCUT2D eigenvalue weighted by Crippen LogP contribution is -2.24. The first-order valence-corrected chi connectivity index (χ1v) is 12.9. The van der Waals surface area contributed by atoms with Gasteiger partial charge in [-0.1, -0.05) is 48.2 Å². The minimum Gasteiger partial charge on any atom is -0.366 e. The molecule has 0 aliphatic heterocycles. The van der Waals surface area contributed by atoms with Crippen LogP contribution >= 0.6 is 34.4 Å². The van der Waals surface area contributed by atoms with Crippen LogP contribution in [0.25, 0.3) is 20.7 Å². The molecule has 0 radical (unpaired) electrons. The van der Waals surface area contributed by atoms with Gasteiger partial charge in [0.05, 0.1) is 16.7 Å². The Kier molecular flexibility index (Phi) is 7.01. The zero-order valence-electron chi connectivity index (χ0n) is 18.6. The van der Waals surface area contributed by atoms with Gasteiger partial charge >= 0.3 is 0 Å². The topological polar surface area (TPSA) is 107 Å². The van der Waals surface area contributed by atoms with Crippen molar-refractivity contribution in [2.24, 2.45) is 5.73 Å². The van der Waals surface area contributed by atoms with Gasteiger partial charge in [0.15, 0.2) is 5.16 Å². The van der Waals surface area contributed by atoms with Gasteiger partial charge in [0, 0.05) is 16.3 Å². The molecule has 0 fully saturated rings. The number of allylic oxidation sites excluding steroid dienone is 1. The number of thiophene rings is 2. The largest absolute Gasteiger partial charge is 0.366 e. The van der Waals surface area contributed by atoms with Gasteiger partial charge in [0.25, 0.3) is 11.5 Å². The fourth-order valence-electron chi connectivity index (χ4n) is 3.41. The maximum atomic E-state index is 13.1. The van der Waals surface area contributed by atoms with Crippen LogP contribution in [0.3, 0.4) is 0 Å². The molecule has 10 heteroatoms. The van der Waals surface area contributed by atoms with Crippen LogP contribution in [0.1, 0.15) is 20.8 Å². The van der Waals surface area contributed by atoms with Crippen molar-refractivity contribution in [2.45, 2.75) is 25.5 Å². The smallest absolute Gasteiger partial charge is 0.263 e. The molecule has 0 spiro atoms. The van der Waals surface area contributed by atoms with Crippen molar-refractivity contribution in [3.05, 3.63) is 75.4 Å². The third-order valence-corrected chi connectivity index (χ3v) is 8.38. The highest BCUT2D eigenvalue weighted by molar-refractivity contribution is 7.99. The number of benzene rings is 1. The fraction of sp³-hybridized carbons (Fsp3) is 0.167. The van der Waals surface area contributed by atoms with E-state index in [9.17, 15) is 14.4 Å². The van der Waals surface area contributed by atoms with Crippen molar-refractivity contribution in [3.63, 3.8) is 0 Å². The van der Waals surface area contributed by atoms with Crippen LogP contribution < -0.4 is 16.6 Å². The molecule has 0 unspecified atom stereocenters. The predicted molar refractivity (Wildman–Crippen MR) is 141 cm³/mol. The molecular weight excluding hydrogens is 488 g/mol. The van der Waals surface area contributed by atoms with Crippen molar-refractivity contribution in [1.29, 1.82) is 0 Å². The van der Waals surface area contributed by atoms with Crippen LogP contribution in [-0.4, -0.2) is 27.1 Å². The molecule has 7 nitrogen and oxygen atoms in total. The van der Waals surface area contributed by atoms with Crippen LogP contribution in [0.15, 0.2) is 59.0 Å². The number of thioether (sulfide) groups is 1. The van der Waals surface area contributed by atoms with Crippen molar-refractivity contribution in [3.8, 4) is 10.4 Å². The monoisotopic (exact) mass is 510 g/mol. The Hall–Kier alpha value is -3.21. The summed E-state index contributed by atoms with van der Waals surface area (Å²) in [7, 11) is 0. The number of fused-ring (bicyclic) bond motifs is 1. The molecular formula is C24H22N4O3S3. The van der Waals surface area contributed by atoms with Crippen molar-refractivity contribution in [1.82, 2.24) is 9.55 Å². The van der Waals surface area contributed by atoms with E-state index >= 15 is 0 Å². The second-order valence-electron chi connectivity index (χ2n) is 7.48. The minimum atomic E-state index is -0.614. The fourth-order valence-corrected chi connectivity index (χ4v) is 6.38. The summed E-state index contributed by atoms with van der Waals surface area (Å²) in [5.74, 6) is -0.932. The Morgan fingerprint density at radius 1 is 1.24 bits per heavy atom. The van der Waals surface area contributed by atoms with Crippen LogP contribution in [0.4, 0.5) is 5.00 Å². The predicted octanol–water partition coefficient (Wildman–Crippen LogP) is 4.82. The van der Waals surface area contributed by atoms with Gasteiger partial charge in [-0.05, 0) is 31.0 Å². The lowest BCUT2D eigenvalue weighted by atomic mass is 10.1. The van der Waals surface area contributed by atoms with Gasteiger partial charge in [0.2, 0.25) is 5.91 Å². The summed E-state index contributed by atoms with van der Waals surface area (Å²) in [6, 6.07) is 11.2. The number of primary amides is 1. The minimum absolute atomic E-state index is 0.00913. The summed E-state index contributed by atoms with van der Waals surface area (Å²) in [5, 5.41) is 4.24. The molecule has 0 aliphatic carbocycles. The second-order valence-corrected chi connectivity index (χ2v) is 10.7. The molecule has 1 aromatic carbocycles. The maximum absolute atomic E-state index is 13.1. The van der Waals surface area contributed by atoms with E-state index in [1.165, 1.54) is 27.2 Å². The standard InChI is InChI=1S/C24H22N4O3S3/c1-4-10-28-23(31)19-13(2)14(3)33-22(19)27-24(28)32-12-18(29)26-21-16(20(25)30)11-17(34-21)15-8-6-5-7-9-15/h4-9,11H,1,10,12H2,2-3H3,(H2,25,30)(H,26,29). The summed E-state index contributed by atoms with van der Waals surface area (Å²) >= 11 is 3.91. The summed E-state index contributed by atoms with van der Waals surface area (Å²) < 4.78 is 1.53. The van der Waals surface area contributed by atoms with Gasteiger partial charge in [-0.2, -0.15) is 0 Å². The number of nitrogens with zero attached hydrogens (tertiary/aromatic N) is 2. The SMILES string of the molecule is C=CCn1c(SCC(=O)Nc2sc(-c3ccccc3)cc2C(N)=O)nc2sc(C)c(C)c2c1=O. The van der Waals surface area contributed by atoms with E-state index in [1.807, 2.05) is 44.2 Å². The first kappa shape index (κ1) is 23.9. The molecule has 0 saturated heterocycles. The van der Waals surface area contributed by atoms with E-state index in [1.54, 1.807) is 12.1 Å².